The third-order valence-electron chi connectivity index (χ3n) is 4.44. The molecule has 158 valence electrons. The second-order valence-electron chi connectivity index (χ2n) is 6.90. The standard InChI is InChI=1S/C23H25NO6/c1-5-27-21-12-16(7-10-20(21)30-15(2)23(26)24(3)4)6-9-18(25)17-8-11-19-22(13-17)29-14-28-19/h6-13,15H,5,14H2,1-4H3/b9-6+/t15-/m1/s1. The average molecular weight is 411 g/mol. The SMILES string of the molecule is CCOc1cc(/C=C/C(=O)c2ccc3c(c2)OCO3)ccc1O[C@H](C)C(=O)N(C)C. The van der Waals surface area contributed by atoms with Crippen LogP contribution in [0.3, 0.4) is 0 Å². The molecule has 1 aliphatic heterocycles. The number of ether oxygens (including phenoxy) is 4. The third kappa shape index (κ3) is 4.92. The van der Waals surface area contributed by atoms with Gasteiger partial charge in [0.15, 0.2) is 34.9 Å². The van der Waals surface area contributed by atoms with Crippen molar-refractivity contribution in [1.29, 1.82) is 0 Å². The van der Waals surface area contributed by atoms with Crippen molar-refractivity contribution >= 4 is 17.8 Å². The monoisotopic (exact) mass is 411 g/mol. The number of hydrogen-bond donors (Lipinski definition) is 0. The molecule has 0 saturated heterocycles. The van der Waals surface area contributed by atoms with E-state index in [9.17, 15) is 9.59 Å². The highest BCUT2D eigenvalue weighted by Gasteiger charge is 2.19. The fraction of sp³-hybridized carbons (Fsp3) is 0.304. The molecule has 0 radical (unpaired) electrons. The van der Waals surface area contributed by atoms with Crippen LogP contribution in [0.5, 0.6) is 23.0 Å². The maximum Gasteiger partial charge on any atom is 0.262 e. The highest BCUT2D eigenvalue weighted by molar-refractivity contribution is 6.07. The van der Waals surface area contributed by atoms with Gasteiger partial charge in [0.05, 0.1) is 6.61 Å². The zero-order chi connectivity index (χ0) is 21.7. The number of hydrogen-bond acceptors (Lipinski definition) is 6. The minimum atomic E-state index is -0.645. The largest absolute Gasteiger partial charge is 0.490 e. The van der Waals surface area contributed by atoms with Crippen LogP contribution in [0.4, 0.5) is 0 Å². The van der Waals surface area contributed by atoms with Gasteiger partial charge in [0, 0.05) is 19.7 Å². The first-order valence-electron chi connectivity index (χ1n) is 9.65. The maximum absolute atomic E-state index is 12.5. The van der Waals surface area contributed by atoms with E-state index in [0.29, 0.717) is 35.2 Å². The Morgan fingerprint density at radius 3 is 2.60 bits per heavy atom. The lowest BCUT2D eigenvalue weighted by Crippen LogP contribution is -2.35. The molecule has 1 aliphatic rings. The molecule has 0 aliphatic carbocycles. The molecule has 1 amide bonds. The van der Waals surface area contributed by atoms with Crippen LogP contribution in [-0.2, 0) is 4.79 Å². The number of nitrogens with zero attached hydrogens (tertiary/aromatic N) is 1. The molecule has 3 rings (SSSR count). The van der Waals surface area contributed by atoms with Gasteiger partial charge in [-0.1, -0.05) is 12.1 Å². The van der Waals surface area contributed by atoms with Gasteiger partial charge in [-0.2, -0.15) is 0 Å². The molecule has 7 heteroatoms. The van der Waals surface area contributed by atoms with E-state index in [1.807, 2.05) is 6.92 Å². The molecule has 0 spiro atoms. The van der Waals surface area contributed by atoms with Gasteiger partial charge >= 0.3 is 0 Å². The summed E-state index contributed by atoms with van der Waals surface area (Å²) in [6.07, 6.45) is 2.54. The normalized spacial score (nSPS) is 13.2. The van der Waals surface area contributed by atoms with Crippen molar-refractivity contribution < 1.29 is 28.5 Å². The number of rotatable bonds is 8. The van der Waals surface area contributed by atoms with E-state index >= 15 is 0 Å². The van der Waals surface area contributed by atoms with Crippen molar-refractivity contribution in [2.45, 2.75) is 20.0 Å². The van der Waals surface area contributed by atoms with Crippen LogP contribution < -0.4 is 18.9 Å². The molecule has 30 heavy (non-hydrogen) atoms. The lowest BCUT2D eigenvalue weighted by molar-refractivity contribution is -0.135. The van der Waals surface area contributed by atoms with E-state index in [2.05, 4.69) is 0 Å². The summed E-state index contributed by atoms with van der Waals surface area (Å²) in [4.78, 5) is 26.0. The van der Waals surface area contributed by atoms with Gasteiger partial charge in [-0.3, -0.25) is 9.59 Å². The number of allylic oxidation sites excluding steroid dienone is 1. The summed E-state index contributed by atoms with van der Waals surface area (Å²) >= 11 is 0. The summed E-state index contributed by atoms with van der Waals surface area (Å²) in [6, 6.07) is 10.4. The van der Waals surface area contributed by atoms with Crippen LogP contribution in [0.25, 0.3) is 6.08 Å². The van der Waals surface area contributed by atoms with Crippen molar-refractivity contribution in [2.24, 2.45) is 0 Å². The summed E-state index contributed by atoms with van der Waals surface area (Å²) in [5, 5.41) is 0. The smallest absolute Gasteiger partial charge is 0.262 e. The van der Waals surface area contributed by atoms with Gasteiger partial charge in [0.2, 0.25) is 6.79 Å². The van der Waals surface area contributed by atoms with Gasteiger partial charge in [0.25, 0.3) is 5.91 Å². The van der Waals surface area contributed by atoms with Crippen LogP contribution in [0, 0.1) is 0 Å². The molecule has 7 nitrogen and oxygen atoms in total. The van der Waals surface area contributed by atoms with Crippen LogP contribution in [0.2, 0.25) is 0 Å². The number of benzene rings is 2. The minimum Gasteiger partial charge on any atom is -0.490 e. The predicted octanol–water partition coefficient (Wildman–Crippen LogP) is 3.57. The number of amides is 1. The van der Waals surface area contributed by atoms with Gasteiger partial charge < -0.3 is 23.8 Å². The molecule has 0 bridgehead atoms. The van der Waals surface area contributed by atoms with Crippen molar-refractivity contribution in [3.05, 3.63) is 53.6 Å². The van der Waals surface area contributed by atoms with Gasteiger partial charge in [-0.25, -0.2) is 0 Å². The first kappa shape index (κ1) is 21.2. The van der Waals surface area contributed by atoms with Gasteiger partial charge in [-0.15, -0.1) is 0 Å². The summed E-state index contributed by atoms with van der Waals surface area (Å²) in [5.41, 5.74) is 1.28. The van der Waals surface area contributed by atoms with Crippen LogP contribution >= 0.6 is 0 Å². The summed E-state index contributed by atoms with van der Waals surface area (Å²) in [7, 11) is 3.35. The summed E-state index contributed by atoms with van der Waals surface area (Å²) < 4.78 is 22.0. The lowest BCUT2D eigenvalue weighted by atomic mass is 10.1. The van der Waals surface area contributed by atoms with E-state index in [-0.39, 0.29) is 18.5 Å². The Bertz CT molecular complexity index is 966. The second kappa shape index (κ2) is 9.35. The highest BCUT2D eigenvalue weighted by Crippen LogP contribution is 2.33. The fourth-order valence-electron chi connectivity index (χ4n) is 2.92. The van der Waals surface area contributed by atoms with Crippen molar-refractivity contribution in [1.82, 2.24) is 4.90 Å². The minimum absolute atomic E-state index is 0.143. The number of carbonyl (C=O) groups is 2. The Hall–Kier alpha value is -3.48. The van der Waals surface area contributed by atoms with E-state index in [0.717, 1.165) is 5.56 Å². The fourth-order valence-corrected chi connectivity index (χ4v) is 2.92. The number of ketones is 1. The topological polar surface area (TPSA) is 74.3 Å². The molecule has 2 aromatic rings. The maximum atomic E-state index is 12.5. The van der Waals surface area contributed by atoms with Crippen LogP contribution in [-0.4, -0.2) is 50.2 Å². The predicted molar refractivity (Wildman–Crippen MR) is 112 cm³/mol. The van der Waals surface area contributed by atoms with Crippen LogP contribution in [0.15, 0.2) is 42.5 Å². The van der Waals surface area contributed by atoms with Crippen molar-refractivity contribution in [2.75, 3.05) is 27.5 Å². The Morgan fingerprint density at radius 2 is 1.87 bits per heavy atom. The Labute approximate surface area is 175 Å². The number of fused-ring (bicyclic) bond motifs is 1. The van der Waals surface area contributed by atoms with Gasteiger partial charge in [0.1, 0.15) is 0 Å². The number of likely N-dealkylation sites (N-methyl/N-ethyl adjacent to an activating group) is 1. The van der Waals surface area contributed by atoms with E-state index < -0.39 is 6.10 Å². The van der Waals surface area contributed by atoms with Crippen molar-refractivity contribution in [3.63, 3.8) is 0 Å². The average Bonchev–Trinajstić information content (AvgIpc) is 3.20. The second-order valence-corrected chi connectivity index (χ2v) is 6.90. The quantitative estimate of drug-likeness (QED) is 0.488. The van der Waals surface area contributed by atoms with E-state index in [4.69, 9.17) is 18.9 Å². The first-order chi connectivity index (χ1) is 14.4. The highest BCUT2D eigenvalue weighted by atomic mass is 16.7. The summed E-state index contributed by atoms with van der Waals surface area (Å²) in [6.45, 7) is 4.16. The number of carbonyl (C=O) groups excluding carboxylic acids is 2. The van der Waals surface area contributed by atoms with Crippen molar-refractivity contribution in [3.8, 4) is 23.0 Å². The Kier molecular flexibility index (Phi) is 6.61. The van der Waals surface area contributed by atoms with Gasteiger partial charge in [-0.05, 0) is 55.8 Å². The van der Waals surface area contributed by atoms with E-state index in [1.54, 1.807) is 63.5 Å². The molecular formula is C23H25NO6. The molecule has 1 heterocycles. The van der Waals surface area contributed by atoms with Crippen LogP contribution in [0.1, 0.15) is 29.8 Å². The lowest BCUT2D eigenvalue weighted by Gasteiger charge is -2.20. The molecule has 0 N–H and O–H groups in total. The molecule has 2 aromatic carbocycles. The Morgan fingerprint density at radius 1 is 1.10 bits per heavy atom. The molecule has 0 fully saturated rings. The molecular weight excluding hydrogens is 386 g/mol. The molecule has 0 saturated carbocycles. The molecule has 1 atom stereocenters. The molecule has 0 aromatic heterocycles. The first-order valence-corrected chi connectivity index (χ1v) is 9.65. The Balaban J connectivity index is 1.75. The zero-order valence-electron chi connectivity index (χ0n) is 17.5. The third-order valence-corrected chi connectivity index (χ3v) is 4.44. The van der Waals surface area contributed by atoms with E-state index in [1.165, 1.54) is 11.0 Å². The zero-order valence-corrected chi connectivity index (χ0v) is 17.5. The molecule has 0 unspecified atom stereocenters. The summed E-state index contributed by atoms with van der Waals surface area (Å²) in [5.74, 6) is 1.88.